The van der Waals surface area contributed by atoms with E-state index in [2.05, 4.69) is 15.5 Å². The van der Waals surface area contributed by atoms with Gasteiger partial charge in [-0.1, -0.05) is 35.0 Å². The molecule has 1 atom stereocenters. The molecule has 0 aliphatic carbocycles. The minimum atomic E-state index is -0.464. The highest BCUT2D eigenvalue weighted by Gasteiger charge is 2.18. The first-order valence-electron chi connectivity index (χ1n) is 7.50. The van der Waals surface area contributed by atoms with Crippen molar-refractivity contribution in [3.8, 4) is 11.4 Å². The Hall–Kier alpha value is -3.02. The number of rotatable bonds is 4. The lowest BCUT2D eigenvalue weighted by molar-refractivity contribution is 0.0932. The molecule has 0 spiro atoms. The fourth-order valence-electron chi connectivity index (χ4n) is 2.17. The van der Waals surface area contributed by atoms with Crippen LogP contribution in [0.2, 0.25) is 0 Å². The molecule has 3 rings (SSSR count). The topological polar surface area (TPSA) is 68.0 Å². The number of nitrogens with zero attached hydrogens (tertiary/aromatic N) is 2. The van der Waals surface area contributed by atoms with Crippen LogP contribution in [0.25, 0.3) is 11.4 Å². The lowest BCUT2D eigenvalue weighted by atomic mass is 10.1. The predicted molar refractivity (Wildman–Crippen MR) is 86.8 cm³/mol. The van der Waals surface area contributed by atoms with Crippen molar-refractivity contribution in [2.75, 3.05) is 0 Å². The molecule has 0 saturated heterocycles. The number of amides is 1. The van der Waals surface area contributed by atoms with Crippen molar-refractivity contribution in [1.82, 2.24) is 15.5 Å². The predicted octanol–water partition coefficient (Wildman–Crippen LogP) is 3.68. The average Bonchev–Trinajstić information content (AvgIpc) is 3.06. The van der Waals surface area contributed by atoms with E-state index >= 15 is 0 Å². The Morgan fingerprint density at radius 2 is 1.79 bits per heavy atom. The molecule has 0 aliphatic rings. The van der Waals surface area contributed by atoms with Gasteiger partial charge in [-0.05, 0) is 38.1 Å². The number of hydrogen-bond donors (Lipinski definition) is 1. The minimum absolute atomic E-state index is 0.307. The van der Waals surface area contributed by atoms with Crippen molar-refractivity contribution in [3.05, 3.63) is 71.4 Å². The lowest BCUT2D eigenvalue weighted by Crippen LogP contribution is -2.26. The van der Waals surface area contributed by atoms with Gasteiger partial charge in [-0.15, -0.1) is 0 Å². The van der Waals surface area contributed by atoms with Gasteiger partial charge < -0.3 is 9.84 Å². The highest BCUT2D eigenvalue weighted by atomic mass is 19.1. The molecule has 122 valence electrons. The Kier molecular flexibility index (Phi) is 4.37. The third-order valence-corrected chi connectivity index (χ3v) is 3.58. The molecule has 1 amide bonds. The zero-order chi connectivity index (χ0) is 17.1. The molecule has 0 unspecified atom stereocenters. The van der Waals surface area contributed by atoms with Crippen molar-refractivity contribution in [1.29, 1.82) is 0 Å². The second-order valence-electron chi connectivity index (χ2n) is 5.52. The maximum Gasteiger partial charge on any atom is 0.251 e. The number of benzene rings is 2. The number of aryl methyl sites for hydroxylation is 1. The third kappa shape index (κ3) is 3.48. The van der Waals surface area contributed by atoms with Crippen LogP contribution >= 0.6 is 0 Å². The number of halogens is 1. The fraction of sp³-hybridized carbons (Fsp3) is 0.167. The van der Waals surface area contributed by atoms with Gasteiger partial charge in [0.25, 0.3) is 5.91 Å². The number of nitrogens with one attached hydrogen (secondary N) is 1. The summed E-state index contributed by atoms with van der Waals surface area (Å²) >= 11 is 0. The van der Waals surface area contributed by atoms with Gasteiger partial charge in [-0.3, -0.25) is 4.79 Å². The van der Waals surface area contributed by atoms with Crippen LogP contribution in [0.1, 0.15) is 34.8 Å². The van der Waals surface area contributed by atoms with Crippen LogP contribution in [0.4, 0.5) is 4.39 Å². The first kappa shape index (κ1) is 15.9. The summed E-state index contributed by atoms with van der Waals surface area (Å²) in [7, 11) is 0. The Bertz CT molecular complexity index is 841. The summed E-state index contributed by atoms with van der Waals surface area (Å²) in [4.78, 5) is 16.4. The Labute approximate surface area is 138 Å². The second kappa shape index (κ2) is 6.62. The molecule has 1 heterocycles. The first-order chi connectivity index (χ1) is 11.5. The van der Waals surface area contributed by atoms with Gasteiger partial charge in [-0.2, -0.15) is 4.98 Å². The smallest absolute Gasteiger partial charge is 0.251 e. The fourth-order valence-corrected chi connectivity index (χ4v) is 2.17. The van der Waals surface area contributed by atoms with E-state index < -0.39 is 6.04 Å². The van der Waals surface area contributed by atoms with Crippen LogP contribution in [-0.4, -0.2) is 16.0 Å². The summed E-state index contributed by atoms with van der Waals surface area (Å²) in [6.45, 7) is 3.74. The highest BCUT2D eigenvalue weighted by molar-refractivity contribution is 5.94. The van der Waals surface area contributed by atoms with Crippen LogP contribution in [0.15, 0.2) is 53.1 Å². The SMILES string of the molecule is Cc1ccc(-c2noc([C@H](C)NC(=O)c3ccc(F)cc3)n2)cc1. The minimum Gasteiger partial charge on any atom is -0.341 e. The molecule has 1 N–H and O–H groups in total. The van der Waals surface area contributed by atoms with Crippen molar-refractivity contribution >= 4 is 5.91 Å². The van der Waals surface area contributed by atoms with Crippen LogP contribution in [0, 0.1) is 12.7 Å². The van der Waals surface area contributed by atoms with Crippen LogP contribution < -0.4 is 5.32 Å². The summed E-state index contributed by atoms with van der Waals surface area (Å²) < 4.78 is 18.1. The summed E-state index contributed by atoms with van der Waals surface area (Å²) in [5.74, 6) is 0.0470. The average molecular weight is 325 g/mol. The van der Waals surface area contributed by atoms with Crippen LogP contribution in [-0.2, 0) is 0 Å². The molecule has 2 aromatic carbocycles. The Morgan fingerprint density at radius 3 is 2.46 bits per heavy atom. The van der Waals surface area contributed by atoms with Crippen LogP contribution in [0.5, 0.6) is 0 Å². The van der Waals surface area contributed by atoms with E-state index in [-0.39, 0.29) is 11.7 Å². The molecule has 0 aliphatic heterocycles. The molecular weight excluding hydrogens is 309 g/mol. The molecule has 0 saturated carbocycles. The summed E-state index contributed by atoms with van der Waals surface area (Å²) in [5.41, 5.74) is 2.34. The highest BCUT2D eigenvalue weighted by Crippen LogP contribution is 2.19. The Morgan fingerprint density at radius 1 is 1.12 bits per heavy atom. The Balaban J connectivity index is 1.71. The quantitative estimate of drug-likeness (QED) is 0.794. The molecule has 0 fully saturated rings. The van der Waals surface area contributed by atoms with Crippen molar-refractivity contribution in [2.24, 2.45) is 0 Å². The molecule has 3 aromatic rings. The molecule has 5 nitrogen and oxygen atoms in total. The number of aromatic nitrogens is 2. The maximum atomic E-state index is 12.9. The number of hydrogen-bond acceptors (Lipinski definition) is 4. The van der Waals surface area contributed by atoms with Gasteiger partial charge >= 0.3 is 0 Å². The molecule has 6 heteroatoms. The summed E-state index contributed by atoms with van der Waals surface area (Å²) in [5, 5.41) is 6.69. The summed E-state index contributed by atoms with van der Waals surface area (Å²) in [6, 6.07) is 12.6. The van der Waals surface area contributed by atoms with E-state index in [4.69, 9.17) is 4.52 Å². The molecule has 0 radical (unpaired) electrons. The van der Waals surface area contributed by atoms with Gasteiger partial charge in [-0.25, -0.2) is 4.39 Å². The van der Waals surface area contributed by atoms with Crippen molar-refractivity contribution < 1.29 is 13.7 Å². The van der Waals surface area contributed by atoms with E-state index in [1.807, 2.05) is 31.2 Å². The number of carbonyl (C=O) groups excluding carboxylic acids is 1. The van der Waals surface area contributed by atoms with E-state index in [1.54, 1.807) is 6.92 Å². The van der Waals surface area contributed by atoms with E-state index in [9.17, 15) is 9.18 Å². The molecule has 1 aromatic heterocycles. The monoisotopic (exact) mass is 325 g/mol. The zero-order valence-electron chi connectivity index (χ0n) is 13.3. The standard InChI is InChI=1S/C18H16FN3O2/c1-11-3-5-13(6-4-11)16-21-18(24-22-16)12(2)20-17(23)14-7-9-15(19)10-8-14/h3-10,12H,1-2H3,(H,20,23)/t12-/m0/s1. The largest absolute Gasteiger partial charge is 0.341 e. The van der Waals surface area contributed by atoms with Gasteiger partial charge in [0.1, 0.15) is 11.9 Å². The maximum absolute atomic E-state index is 12.9. The zero-order valence-corrected chi connectivity index (χ0v) is 13.3. The molecule has 24 heavy (non-hydrogen) atoms. The third-order valence-electron chi connectivity index (χ3n) is 3.58. The first-order valence-corrected chi connectivity index (χ1v) is 7.50. The normalized spacial score (nSPS) is 12.0. The van der Waals surface area contributed by atoms with Gasteiger partial charge in [0.15, 0.2) is 0 Å². The van der Waals surface area contributed by atoms with E-state index in [0.717, 1.165) is 11.1 Å². The van der Waals surface area contributed by atoms with E-state index in [1.165, 1.54) is 24.3 Å². The molecular formula is C18H16FN3O2. The van der Waals surface area contributed by atoms with Crippen molar-refractivity contribution in [2.45, 2.75) is 19.9 Å². The van der Waals surface area contributed by atoms with Gasteiger partial charge in [0, 0.05) is 11.1 Å². The van der Waals surface area contributed by atoms with Gasteiger partial charge in [0.05, 0.1) is 0 Å². The lowest BCUT2D eigenvalue weighted by Gasteiger charge is -2.09. The second-order valence-corrected chi connectivity index (χ2v) is 5.52. The number of carbonyl (C=O) groups is 1. The summed E-state index contributed by atoms with van der Waals surface area (Å²) in [6.07, 6.45) is 0. The van der Waals surface area contributed by atoms with E-state index in [0.29, 0.717) is 17.3 Å². The van der Waals surface area contributed by atoms with Gasteiger partial charge in [0.2, 0.25) is 11.7 Å². The molecule has 0 bridgehead atoms. The van der Waals surface area contributed by atoms with Crippen molar-refractivity contribution in [3.63, 3.8) is 0 Å². The van der Waals surface area contributed by atoms with Crippen LogP contribution in [0.3, 0.4) is 0 Å².